The first kappa shape index (κ1) is 17.9. The predicted octanol–water partition coefficient (Wildman–Crippen LogP) is 6.32. The maximum Gasteiger partial charge on any atom is 0.193 e. The highest BCUT2D eigenvalue weighted by Crippen LogP contribution is 2.40. The molecule has 0 aliphatic heterocycles. The second-order valence-electron chi connectivity index (χ2n) is 6.98. The summed E-state index contributed by atoms with van der Waals surface area (Å²) in [6.07, 6.45) is 2.23. The molecule has 0 fully saturated rings. The van der Waals surface area contributed by atoms with Crippen LogP contribution in [-0.2, 0) is 4.43 Å². The Bertz CT molecular complexity index is 486. The van der Waals surface area contributed by atoms with E-state index in [1.54, 1.807) is 0 Å². The van der Waals surface area contributed by atoms with Gasteiger partial charge in [-0.25, -0.2) is 0 Å². The van der Waals surface area contributed by atoms with Crippen LogP contribution in [0.1, 0.15) is 43.6 Å². The van der Waals surface area contributed by atoms with E-state index in [0.29, 0.717) is 0 Å². The molecule has 0 spiro atoms. The molecule has 1 aromatic carbocycles. The van der Waals surface area contributed by atoms with E-state index in [-0.39, 0.29) is 11.1 Å². The number of aryl methyl sites for hydroxylation is 2. The van der Waals surface area contributed by atoms with Crippen LogP contribution in [0.25, 0.3) is 0 Å². The van der Waals surface area contributed by atoms with Crippen molar-refractivity contribution in [3.8, 4) is 0 Å². The molecule has 0 aliphatic rings. The van der Waals surface area contributed by atoms with Gasteiger partial charge in [0, 0.05) is 0 Å². The smallest absolute Gasteiger partial charge is 0.193 e. The maximum atomic E-state index is 6.60. The van der Waals surface area contributed by atoms with Crippen LogP contribution in [-0.4, -0.2) is 8.32 Å². The van der Waals surface area contributed by atoms with Crippen molar-refractivity contribution in [2.24, 2.45) is 0 Å². The van der Waals surface area contributed by atoms with Gasteiger partial charge in [-0.3, -0.25) is 0 Å². The van der Waals surface area contributed by atoms with E-state index < -0.39 is 8.32 Å². The zero-order valence-corrected chi connectivity index (χ0v) is 16.9. The molecule has 0 bridgehead atoms. The minimum Gasteiger partial charge on any atom is -0.406 e. The number of hydrogen-bond acceptors (Lipinski definition) is 1. The molecule has 0 heterocycles. The van der Waals surface area contributed by atoms with Gasteiger partial charge >= 0.3 is 0 Å². The van der Waals surface area contributed by atoms with Gasteiger partial charge in [-0.15, -0.1) is 0 Å². The fraction of sp³-hybridized carbons (Fsp3) is 0.529. The highest BCUT2D eigenvalue weighted by molar-refractivity contribution is 14.1. The molecule has 1 nitrogen and oxygen atoms in total. The number of benzene rings is 1. The van der Waals surface area contributed by atoms with Crippen LogP contribution in [0.3, 0.4) is 0 Å². The van der Waals surface area contributed by atoms with Gasteiger partial charge in [0.2, 0.25) is 0 Å². The second kappa shape index (κ2) is 6.75. The molecule has 0 radical (unpaired) electrons. The third-order valence-electron chi connectivity index (χ3n) is 4.21. The zero-order valence-electron chi connectivity index (χ0n) is 13.8. The molecule has 112 valence electrons. The average Bonchev–Trinajstić information content (AvgIpc) is 2.26. The fourth-order valence-corrected chi connectivity index (χ4v) is 3.48. The summed E-state index contributed by atoms with van der Waals surface area (Å²) >= 11 is 2.28. The normalized spacial score (nSPS) is 14.8. The van der Waals surface area contributed by atoms with E-state index in [2.05, 4.69) is 98.7 Å². The van der Waals surface area contributed by atoms with Gasteiger partial charge in [-0.2, -0.15) is 0 Å². The average molecular weight is 402 g/mol. The van der Waals surface area contributed by atoms with Crippen LogP contribution in [0.5, 0.6) is 0 Å². The van der Waals surface area contributed by atoms with Gasteiger partial charge in [-0.05, 0) is 53.3 Å². The Hall–Kier alpha value is -0.133. The fourth-order valence-electron chi connectivity index (χ4n) is 1.91. The van der Waals surface area contributed by atoms with Crippen LogP contribution in [0, 0.1) is 13.8 Å². The Morgan fingerprint density at radius 2 is 1.80 bits per heavy atom. The van der Waals surface area contributed by atoms with E-state index in [0.717, 1.165) is 0 Å². The van der Waals surface area contributed by atoms with Crippen molar-refractivity contribution in [1.29, 1.82) is 0 Å². The summed E-state index contributed by atoms with van der Waals surface area (Å²) in [7, 11) is -1.78. The van der Waals surface area contributed by atoms with Gasteiger partial charge in [-0.1, -0.05) is 67.1 Å². The predicted molar refractivity (Wildman–Crippen MR) is 100 cm³/mol. The van der Waals surface area contributed by atoms with Crippen LogP contribution in [0.15, 0.2) is 28.4 Å². The molecule has 0 aromatic heterocycles. The molecule has 0 aliphatic carbocycles. The molecule has 0 saturated carbocycles. The molecule has 3 heteroatoms. The van der Waals surface area contributed by atoms with Crippen LogP contribution in [0.2, 0.25) is 18.1 Å². The van der Waals surface area contributed by atoms with Gasteiger partial charge in [0.25, 0.3) is 0 Å². The Morgan fingerprint density at radius 1 is 1.20 bits per heavy atom. The van der Waals surface area contributed by atoms with Gasteiger partial charge in [0.1, 0.15) is 0 Å². The topological polar surface area (TPSA) is 9.23 Å². The van der Waals surface area contributed by atoms with E-state index in [9.17, 15) is 0 Å². The van der Waals surface area contributed by atoms with Crippen LogP contribution < -0.4 is 0 Å². The standard InChI is InChI=1S/C17H27IOSi/c1-13-8-9-15(14(2)12-13)16(10-11-18)19-20(6,7)17(3,4)5/h8-12,16H,1-7H3. The van der Waals surface area contributed by atoms with Gasteiger partial charge in [0.05, 0.1) is 6.10 Å². The summed E-state index contributed by atoms with van der Waals surface area (Å²) in [6, 6.07) is 6.61. The minimum absolute atomic E-state index is 0.0633. The SMILES string of the molecule is Cc1ccc(C(C=CI)O[Si](C)(C)C(C)(C)C)c(C)c1. The minimum atomic E-state index is -1.78. The van der Waals surface area contributed by atoms with Crippen molar-refractivity contribution in [1.82, 2.24) is 0 Å². The summed E-state index contributed by atoms with van der Waals surface area (Å²) in [5, 5.41) is 0.225. The molecule has 0 amide bonds. The van der Waals surface area contributed by atoms with E-state index >= 15 is 0 Å². The van der Waals surface area contributed by atoms with E-state index in [4.69, 9.17) is 4.43 Å². The lowest BCUT2D eigenvalue weighted by Gasteiger charge is -2.39. The Labute approximate surface area is 139 Å². The highest BCUT2D eigenvalue weighted by atomic mass is 127. The van der Waals surface area contributed by atoms with Crippen molar-refractivity contribution in [2.45, 2.75) is 58.9 Å². The van der Waals surface area contributed by atoms with Crippen molar-refractivity contribution in [2.75, 3.05) is 0 Å². The zero-order chi connectivity index (χ0) is 15.6. The largest absolute Gasteiger partial charge is 0.406 e. The third-order valence-corrected chi connectivity index (χ3v) is 9.08. The summed E-state index contributed by atoms with van der Waals surface area (Å²) in [5.74, 6) is 0. The molecular weight excluding hydrogens is 375 g/mol. The Morgan fingerprint density at radius 3 is 2.25 bits per heavy atom. The Balaban J connectivity index is 3.13. The summed E-state index contributed by atoms with van der Waals surface area (Å²) in [5.41, 5.74) is 3.90. The molecule has 0 N–H and O–H groups in total. The molecule has 0 saturated heterocycles. The summed E-state index contributed by atoms with van der Waals surface area (Å²) < 4.78 is 8.66. The van der Waals surface area contributed by atoms with Crippen LogP contribution >= 0.6 is 22.6 Å². The van der Waals surface area contributed by atoms with Gasteiger partial charge in [0.15, 0.2) is 8.32 Å². The first-order chi connectivity index (χ1) is 9.08. The number of hydrogen-bond donors (Lipinski definition) is 0. The Kier molecular flexibility index (Phi) is 6.05. The van der Waals surface area contributed by atoms with E-state index in [1.807, 2.05) is 0 Å². The van der Waals surface area contributed by atoms with Crippen molar-refractivity contribution in [3.63, 3.8) is 0 Å². The first-order valence-corrected chi connectivity index (χ1v) is 11.3. The van der Waals surface area contributed by atoms with Crippen molar-refractivity contribution < 1.29 is 4.43 Å². The molecular formula is C17H27IOSi. The molecule has 20 heavy (non-hydrogen) atoms. The summed E-state index contributed by atoms with van der Waals surface area (Å²) in [4.78, 5) is 0. The van der Waals surface area contributed by atoms with E-state index in [1.165, 1.54) is 16.7 Å². The number of rotatable bonds is 4. The quantitative estimate of drug-likeness (QED) is 0.423. The second-order valence-corrected chi connectivity index (χ2v) is 12.5. The van der Waals surface area contributed by atoms with Gasteiger partial charge < -0.3 is 4.43 Å². The summed E-state index contributed by atoms with van der Waals surface area (Å²) in [6.45, 7) is 15.8. The van der Waals surface area contributed by atoms with Crippen LogP contribution in [0.4, 0.5) is 0 Å². The monoisotopic (exact) mass is 402 g/mol. The maximum absolute atomic E-state index is 6.60. The third kappa shape index (κ3) is 4.43. The van der Waals surface area contributed by atoms with Crippen molar-refractivity contribution in [3.05, 3.63) is 45.0 Å². The van der Waals surface area contributed by atoms with Crippen molar-refractivity contribution >= 4 is 30.9 Å². The molecule has 1 rings (SSSR count). The molecule has 1 atom stereocenters. The molecule has 1 unspecified atom stereocenters. The lowest BCUT2D eigenvalue weighted by Crippen LogP contribution is -2.41. The lowest BCUT2D eigenvalue weighted by molar-refractivity contribution is 0.229. The first-order valence-electron chi connectivity index (χ1n) is 7.10. The number of halogens is 1. The molecule has 1 aromatic rings. The lowest BCUT2D eigenvalue weighted by atomic mass is 10.0. The highest BCUT2D eigenvalue weighted by Gasteiger charge is 2.39.